The van der Waals surface area contributed by atoms with Crippen molar-refractivity contribution in [2.24, 2.45) is 0 Å². The number of nitrogens with zero attached hydrogens (tertiary/aromatic N) is 1. The average Bonchev–Trinajstić information content (AvgIpc) is 2.76. The summed E-state index contributed by atoms with van der Waals surface area (Å²) in [5.74, 6) is 0. The van der Waals surface area contributed by atoms with Crippen LogP contribution < -0.4 is 10.2 Å². The van der Waals surface area contributed by atoms with E-state index in [0.29, 0.717) is 5.02 Å². The lowest BCUT2D eigenvalue weighted by Crippen LogP contribution is -2.37. The monoisotopic (exact) mass is 238 g/mol. The number of hydrogen-bond acceptors (Lipinski definition) is 3. The number of halogens is 1. The number of carbonyl (C=O) groups excluding carboxylic acids is 1. The minimum Gasteiger partial charge on any atom is -0.442 e. The first-order valence-corrected chi connectivity index (χ1v) is 5.59. The third-order valence-corrected chi connectivity index (χ3v) is 3.23. The van der Waals surface area contributed by atoms with E-state index in [2.05, 4.69) is 5.32 Å². The highest BCUT2D eigenvalue weighted by Crippen LogP contribution is 2.30. The molecular formula is C11H11ClN2O2. The molecular weight excluding hydrogens is 228 g/mol. The first kappa shape index (κ1) is 9.93. The van der Waals surface area contributed by atoms with E-state index in [4.69, 9.17) is 16.3 Å². The van der Waals surface area contributed by atoms with Crippen LogP contribution in [0.25, 0.3) is 0 Å². The van der Waals surface area contributed by atoms with Crippen LogP contribution in [-0.4, -0.2) is 31.3 Å². The third-order valence-electron chi connectivity index (χ3n) is 3.00. The Kier molecular flexibility index (Phi) is 2.26. The zero-order valence-electron chi connectivity index (χ0n) is 8.52. The number of rotatable bonds is 1. The third kappa shape index (κ3) is 1.45. The van der Waals surface area contributed by atoms with Crippen molar-refractivity contribution in [2.45, 2.75) is 12.1 Å². The van der Waals surface area contributed by atoms with E-state index in [-0.39, 0.29) is 18.2 Å². The molecule has 2 atom stereocenters. The molecule has 0 spiro atoms. The van der Waals surface area contributed by atoms with Gasteiger partial charge in [0.25, 0.3) is 0 Å². The summed E-state index contributed by atoms with van der Waals surface area (Å²) in [7, 11) is 0. The maximum absolute atomic E-state index is 11.7. The molecule has 2 saturated heterocycles. The fourth-order valence-corrected chi connectivity index (χ4v) is 2.45. The summed E-state index contributed by atoms with van der Waals surface area (Å²) >= 11 is 5.92. The number of carbonyl (C=O) groups is 1. The molecule has 0 aliphatic carbocycles. The molecule has 0 aromatic heterocycles. The van der Waals surface area contributed by atoms with Gasteiger partial charge in [-0.1, -0.05) is 17.7 Å². The van der Waals surface area contributed by atoms with E-state index in [9.17, 15) is 4.79 Å². The van der Waals surface area contributed by atoms with Gasteiger partial charge in [-0.25, -0.2) is 4.79 Å². The van der Waals surface area contributed by atoms with Gasteiger partial charge in [0.1, 0.15) is 6.10 Å². The van der Waals surface area contributed by atoms with Gasteiger partial charge in [0, 0.05) is 23.8 Å². The Morgan fingerprint density at radius 3 is 3.12 bits per heavy atom. The molecule has 5 heteroatoms. The normalized spacial score (nSPS) is 28.1. The first-order chi connectivity index (χ1) is 7.75. The molecule has 2 heterocycles. The van der Waals surface area contributed by atoms with E-state index in [0.717, 1.165) is 18.8 Å². The quantitative estimate of drug-likeness (QED) is 0.809. The fraction of sp³-hybridized carbons (Fsp3) is 0.364. The summed E-state index contributed by atoms with van der Waals surface area (Å²) in [6.45, 7) is 1.50. The molecule has 3 rings (SSSR count). The standard InChI is InChI=1S/C11H11ClN2O2/c12-7-2-1-3-8(4-7)14-9-5-13-6-10(9)16-11(14)15/h1-4,9-10,13H,5-6H2. The Balaban J connectivity index is 1.96. The molecule has 2 aliphatic rings. The van der Waals surface area contributed by atoms with Crippen LogP contribution in [0.3, 0.4) is 0 Å². The number of anilines is 1. The van der Waals surface area contributed by atoms with E-state index >= 15 is 0 Å². The summed E-state index contributed by atoms with van der Waals surface area (Å²) < 4.78 is 5.27. The highest BCUT2D eigenvalue weighted by Gasteiger charge is 2.45. The average molecular weight is 239 g/mol. The van der Waals surface area contributed by atoms with Crippen molar-refractivity contribution in [1.82, 2.24) is 5.32 Å². The van der Waals surface area contributed by atoms with Crippen LogP contribution in [0.2, 0.25) is 5.02 Å². The van der Waals surface area contributed by atoms with Crippen molar-refractivity contribution in [3.63, 3.8) is 0 Å². The van der Waals surface area contributed by atoms with Gasteiger partial charge in [-0.05, 0) is 18.2 Å². The van der Waals surface area contributed by atoms with E-state index in [1.54, 1.807) is 17.0 Å². The molecule has 16 heavy (non-hydrogen) atoms. The van der Waals surface area contributed by atoms with Crippen LogP contribution in [-0.2, 0) is 4.74 Å². The SMILES string of the molecule is O=C1OC2CNCC2N1c1cccc(Cl)c1. The second-order valence-corrected chi connectivity index (χ2v) is 4.43. The second kappa shape index (κ2) is 3.64. The molecule has 1 aromatic rings. The van der Waals surface area contributed by atoms with Crippen molar-refractivity contribution >= 4 is 23.4 Å². The van der Waals surface area contributed by atoms with E-state index < -0.39 is 0 Å². The predicted octanol–water partition coefficient (Wildman–Crippen LogP) is 1.64. The number of amides is 1. The Bertz CT molecular complexity index is 438. The molecule has 0 saturated carbocycles. The summed E-state index contributed by atoms with van der Waals surface area (Å²) in [6.07, 6.45) is -0.315. The van der Waals surface area contributed by atoms with Crippen molar-refractivity contribution in [2.75, 3.05) is 18.0 Å². The lowest BCUT2D eigenvalue weighted by Gasteiger charge is -2.19. The molecule has 1 N–H and O–H groups in total. The van der Waals surface area contributed by atoms with Gasteiger partial charge in [0.2, 0.25) is 0 Å². The smallest absolute Gasteiger partial charge is 0.415 e. The lowest BCUT2D eigenvalue weighted by atomic mass is 10.2. The molecule has 0 radical (unpaired) electrons. The summed E-state index contributed by atoms with van der Waals surface area (Å²) in [5.41, 5.74) is 0.800. The molecule has 1 aromatic carbocycles. The molecule has 2 unspecified atom stereocenters. The first-order valence-electron chi connectivity index (χ1n) is 5.22. The predicted molar refractivity (Wildman–Crippen MR) is 60.9 cm³/mol. The van der Waals surface area contributed by atoms with Gasteiger partial charge in [-0.2, -0.15) is 0 Å². The second-order valence-electron chi connectivity index (χ2n) is 4.00. The number of hydrogen-bond donors (Lipinski definition) is 1. The molecule has 2 fully saturated rings. The van der Waals surface area contributed by atoms with Crippen LogP contribution in [0, 0.1) is 0 Å². The largest absolute Gasteiger partial charge is 0.442 e. The van der Waals surface area contributed by atoms with Crippen molar-refractivity contribution in [3.8, 4) is 0 Å². The zero-order chi connectivity index (χ0) is 11.1. The van der Waals surface area contributed by atoms with Crippen molar-refractivity contribution in [1.29, 1.82) is 0 Å². The Hall–Kier alpha value is -1.26. The lowest BCUT2D eigenvalue weighted by molar-refractivity contribution is 0.143. The highest BCUT2D eigenvalue weighted by molar-refractivity contribution is 6.30. The molecule has 1 amide bonds. The minimum atomic E-state index is -0.279. The van der Waals surface area contributed by atoms with E-state index in [1.807, 2.05) is 12.1 Å². The van der Waals surface area contributed by atoms with E-state index in [1.165, 1.54) is 0 Å². The molecule has 84 valence electrons. The van der Waals surface area contributed by atoms with Gasteiger partial charge in [-0.15, -0.1) is 0 Å². The highest BCUT2D eigenvalue weighted by atomic mass is 35.5. The number of ether oxygens (including phenoxy) is 1. The maximum atomic E-state index is 11.7. The number of benzene rings is 1. The minimum absolute atomic E-state index is 0.0357. The van der Waals surface area contributed by atoms with Crippen LogP contribution in [0.15, 0.2) is 24.3 Å². The Morgan fingerprint density at radius 2 is 2.31 bits per heavy atom. The van der Waals surface area contributed by atoms with Gasteiger partial charge >= 0.3 is 6.09 Å². The summed E-state index contributed by atoms with van der Waals surface area (Å²) in [4.78, 5) is 13.4. The van der Waals surface area contributed by atoms with Crippen LogP contribution >= 0.6 is 11.6 Å². The van der Waals surface area contributed by atoms with Crippen LogP contribution in [0.5, 0.6) is 0 Å². The van der Waals surface area contributed by atoms with Gasteiger partial charge in [-0.3, -0.25) is 4.90 Å². The molecule has 0 bridgehead atoms. The molecule has 2 aliphatic heterocycles. The maximum Gasteiger partial charge on any atom is 0.415 e. The Labute approximate surface area is 98.1 Å². The van der Waals surface area contributed by atoms with Crippen LogP contribution in [0.1, 0.15) is 0 Å². The zero-order valence-corrected chi connectivity index (χ0v) is 9.28. The molecule has 4 nitrogen and oxygen atoms in total. The number of nitrogens with one attached hydrogen (secondary N) is 1. The summed E-state index contributed by atoms with van der Waals surface area (Å²) in [6, 6.07) is 7.36. The number of fused-ring (bicyclic) bond motifs is 1. The Morgan fingerprint density at radius 1 is 1.44 bits per heavy atom. The fourth-order valence-electron chi connectivity index (χ4n) is 2.26. The van der Waals surface area contributed by atoms with Crippen LogP contribution in [0.4, 0.5) is 10.5 Å². The van der Waals surface area contributed by atoms with Crippen molar-refractivity contribution < 1.29 is 9.53 Å². The summed E-state index contributed by atoms with van der Waals surface area (Å²) in [5, 5.41) is 3.83. The van der Waals surface area contributed by atoms with Gasteiger partial charge in [0.15, 0.2) is 0 Å². The van der Waals surface area contributed by atoms with Gasteiger partial charge in [0.05, 0.1) is 6.04 Å². The topological polar surface area (TPSA) is 41.6 Å². The van der Waals surface area contributed by atoms with Crippen molar-refractivity contribution in [3.05, 3.63) is 29.3 Å². The van der Waals surface area contributed by atoms with Gasteiger partial charge < -0.3 is 10.1 Å².